The summed E-state index contributed by atoms with van der Waals surface area (Å²) >= 11 is 0.953. The van der Waals surface area contributed by atoms with E-state index < -0.39 is 29.7 Å². The van der Waals surface area contributed by atoms with Crippen LogP contribution in [-0.4, -0.2) is 47.7 Å². The summed E-state index contributed by atoms with van der Waals surface area (Å²) in [5.41, 5.74) is -0.639. The third-order valence-electron chi connectivity index (χ3n) is 5.54. The van der Waals surface area contributed by atoms with Gasteiger partial charge in [-0.15, -0.1) is 0 Å². The predicted molar refractivity (Wildman–Crippen MR) is 119 cm³/mol. The predicted octanol–water partition coefficient (Wildman–Crippen LogP) is 5.11. The number of hydrogen-bond donors (Lipinski definition) is 1. The Hall–Kier alpha value is -3.14. The molecule has 0 bridgehead atoms. The van der Waals surface area contributed by atoms with Crippen LogP contribution in [0.25, 0.3) is 6.08 Å². The molecule has 10 heteroatoms. The van der Waals surface area contributed by atoms with Crippen LogP contribution in [0.3, 0.4) is 0 Å². The molecule has 2 heterocycles. The lowest BCUT2D eigenvalue weighted by Crippen LogP contribution is -2.47. The van der Waals surface area contributed by atoms with Gasteiger partial charge in [-0.3, -0.25) is 4.79 Å². The molecular weight excluding hydrogens is 471 g/mol. The molecule has 1 atom stereocenters. The fourth-order valence-corrected chi connectivity index (χ4v) is 4.87. The molecule has 2 aliphatic heterocycles. The van der Waals surface area contributed by atoms with E-state index in [1.54, 1.807) is 18.2 Å². The standard InChI is InChI=1S/C24H22F3NO5S/c25-24(26,27)17-13-15(5-9-22(29)28-10-2-1-3-18(28)23(30)31)4-8-21(17)34-16-6-7-19-20(14-16)33-12-11-32-19/h4-9,13-14,18H,1-3,10-12H2,(H,30,31). The highest BCUT2D eigenvalue weighted by molar-refractivity contribution is 7.99. The molecule has 1 amide bonds. The molecule has 1 saturated heterocycles. The van der Waals surface area contributed by atoms with Crippen LogP contribution < -0.4 is 9.47 Å². The van der Waals surface area contributed by atoms with Crippen molar-refractivity contribution in [2.45, 2.75) is 41.3 Å². The molecule has 0 aromatic heterocycles. The van der Waals surface area contributed by atoms with Crippen LogP contribution in [-0.2, 0) is 15.8 Å². The van der Waals surface area contributed by atoms with Crippen LogP contribution in [0.1, 0.15) is 30.4 Å². The number of amides is 1. The van der Waals surface area contributed by atoms with E-state index in [1.807, 2.05) is 0 Å². The summed E-state index contributed by atoms with van der Waals surface area (Å²) in [6.45, 7) is 1.10. The first kappa shape index (κ1) is 24.0. The number of aliphatic carboxylic acids is 1. The maximum Gasteiger partial charge on any atom is 0.417 e. The minimum absolute atomic E-state index is 0.00891. The summed E-state index contributed by atoms with van der Waals surface area (Å²) in [4.78, 5) is 25.8. The topological polar surface area (TPSA) is 76.1 Å². The van der Waals surface area contributed by atoms with Crippen molar-refractivity contribution in [3.8, 4) is 11.5 Å². The van der Waals surface area contributed by atoms with Crippen molar-refractivity contribution in [1.82, 2.24) is 4.90 Å². The molecule has 1 fully saturated rings. The molecule has 4 rings (SSSR count). The zero-order chi connectivity index (χ0) is 24.3. The van der Waals surface area contributed by atoms with Gasteiger partial charge in [0.2, 0.25) is 5.91 Å². The minimum Gasteiger partial charge on any atom is -0.486 e. The van der Waals surface area contributed by atoms with E-state index in [9.17, 15) is 27.9 Å². The Morgan fingerprint density at radius 3 is 2.56 bits per heavy atom. The van der Waals surface area contributed by atoms with Crippen molar-refractivity contribution in [2.24, 2.45) is 0 Å². The Balaban J connectivity index is 1.55. The highest BCUT2D eigenvalue weighted by Gasteiger charge is 2.34. The number of piperidine rings is 1. The van der Waals surface area contributed by atoms with E-state index in [1.165, 1.54) is 23.1 Å². The van der Waals surface area contributed by atoms with Gasteiger partial charge in [-0.2, -0.15) is 13.2 Å². The zero-order valence-corrected chi connectivity index (χ0v) is 18.8. The molecule has 2 aromatic carbocycles. The van der Waals surface area contributed by atoms with Crippen molar-refractivity contribution in [3.63, 3.8) is 0 Å². The number of benzene rings is 2. The van der Waals surface area contributed by atoms with Gasteiger partial charge >= 0.3 is 12.1 Å². The number of likely N-dealkylation sites (tertiary alicyclic amines) is 1. The van der Waals surface area contributed by atoms with E-state index in [0.717, 1.165) is 23.9 Å². The van der Waals surface area contributed by atoms with Crippen LogP contribution >= 0.6 is 11.8 Å². The first-order valence-corrected chi connectivity index (χ1v) is 11.5. The minimum atomic E-state index is -4.61. The highest BCUT2D eigenvalue weighted by Crippen LogP contribution is 2.42. The monoisotopic (exact) mass is 493 g/mol. The summed E-state index contributed by atoms with van der Waals surface area (Å²) in [5.74, 6) is -0.576. The highest BCUT2D eigenvalue weighted by atomic mass is 32.2. The molecular formula is C24H22F3NO5S. The Labute approximate surface area is 198 Å². The average Bonchev–Trinajstić information content (AvgIpc) is 2.82. The van der Waals surface area contributed by atoms with Gasteiger partial charge in [0.1, 0.15) is 19.3 Å². The fraction of sp³-hybridized carbons (Fsp3) is 0.333. The number of halogens is 3. The molecule has 0 radical (unpaired) electrons. The summed E-state index contributed by atoms with van der Waals surface area (Å²) in [7, 11) is 0. The third kappa shape index (κ3) is 5.49. The number of nitrogens with zero attached hydrogens (tertiary/aromatic N) is 1. The van der Waals surface area contributed by atoms with Crippen molar-refractivity contribution in [3.05, 3.63) is 53.6 Å². The second-order valence-electron chi connectivity index (χ2n) is 7.88. The van der Waals surface area contributed by atoms with Crippen LogP contribution in [0.4, 0.5) is 13.2 Å². The molecule has 0 spiro atoms. The summed E-state index contributed by atoms with van der Waals surface area (Å²) in [6.07, 6.45) is -0.437. The van der Waals surface area contributed by atoms with Crippen LogP contribution in [0.5, 0.6) is 11.5 Å². The summed E-state index contributed by atoms with van der Waals surface area (Å²) < 4.78 is 52.4. The van der Waals surface area contributed by atoms with Gasteiger partial charge in [0.15, 0.2) is 11.5 Å². The van der Waals surface area contributed by atoms with Gasteiger partial charge in [0.25, 0.3) is 0 Å². The Kier molecular flexibility index (Phi) is 7.06. The van der Waals surface area contributed by atoms with Gasteiger partial charge in [0, 0.05) is 22.4 Å². The molecule has 2 aliphatic rings. The van der Waals surface area contributed by atoms with Crippen molar-refractivity contribution >= 4 is 29.7 Å². The number of ether oxygens (including phenoxy) is 2. The number of alkyl halides is 3. The summed E-state index contributed by atoms with van der Waals surface area (Å²) in [5, 5.41) is 9.33. The SMILES string of the molecule is O=C(O)C1CCCCN1C(=O)C=Cc1ccc(Sc2ccc3c(c2)OCCO3)c(C(F)(F)F)c1. The van der Waals surface area contributed by atoms with E-state index in [0.29, 0.717) is 55.4 Å². The van der Waals surface area contributed by atoms with Crippen molar-refractivity contribution < 1.29 is 37.3 Å². The number of carbonyl (C=O) groups excluding carboxylic acids is 1. The molecule has 0 aliphatic carbocycles. The van der Waals surface area contributed by atoms with Gasteiger partial charge in [-0.05, 0) is 61.2 Å². The van der Waals surface area contributed by atoms with Gasteiger partial charge < -0.3 is 19.5 Å². The zero-order valence-electron chi connectivity index (χ0n) is 18.0. The first-order valence-electron chi connectivity index (χ1n) is 10.7. The third-order valence-corrected chi connectivity index (χ3v) is 6.61. The Bertz CT molecular complexity index is 1120. The fourth-order valence-electron chi connectivity index (χ4n) is 3.89. The van der Waals surface area contributed by atoms with E-state index >= 15 is 0 Å². The normalized spacial score (nSPS) is 18.2. The number of hydrogen-bond acceptors (Lipinski definition) is 5. The van der Waals surface area contributed by atoms with Crippen LogP contribution in [0.2, 0.25) is 0 Å². The Morgan fingerprint density at radius 1 is 1.06 bits per heavy atom. The lowest BCUT2D eigenvalue weighted by Gasteiger charge is -2.32. The quantitative estimate of drug-likeness (QED) is 0.584. The number of rotatable bonds is 5. The number of fused-ring (bicyclic) bond motifs is 1. The number of carboxylic acid groups (broad SMARTS) is 1. The van der Waals surface area contributed by atoms with Crippen LogP contribution in [0, 0.1) is 0 Å². The van der Waals surface area contributed by atoms with Crippen LogP contribution in [0.15, 0.2) is 52.3 Å². The Morgan fingerprint density at radius 2 is 1.82 bits per heavy atom. The molecule has 1 unspecified atom stereocenters. The van der Waals surface area contributed by atoms with Crippen molar-refractivity contribution in [1.29, 1.82) is 0 Å². The van der Waals surface area contributed by atoms with E-state index in [-0.39, 0.29) is 10.5 Å². The smallest absolute Gasteiger partial charge is 0.417 e. The molecule has 6 nitrogen and oxygen atoms in total. The maximum absolute atomic E-state index is 13.8. The number of carbonyl (C=O) groups is 2. The lowest BCUT2D eigenvalue weighted by atomic mass is 10.0. The lowest BCUT2D eigenvalue weighted by molar-refractivity contribution is -0.150. The van der Waals surface area contributed by atoms with Crippen molar-refractivity contribution in [2.75, 3.05) is 19.8 Å². The van der Waals surface area contributed by atoms with Gasteiger partial charge in [0.05, 0.1) is 5.56 Å². The second kappa shape index (κ2) is 10.0. The summed E-state index contributed by atoms with van der Waals surface area (Å²) in [6, 6.07) is 7.89. The molecule has 0 saturated carbocycles. The first-order chi connectivity index (χ1) is 16.2. The largest absolute Gasteiger partial charge is 0.486 e. The molecule has 34 heavy (non-hydrogen) atoms. The number of carboxylic acids is 1. The molecule has 180 valence electrons. The van der Waals surface area contributed by atoms with Gasteiger partial charge in [-0.1, -0.05) is 17.8 Å². The molecule has 1 N–H and O–H groups in total. The second-order valence-corrected chi connectivity index (χ2v) is 8.99. The average molecular weight is 494 g/mol. The maximum atomic E-state index is 13.8. The van der Waals surface area contributed by atoms with E-state index in [2.05, 4.69) is 0 Å². The molecule has 2 aromatic rings. The van der Waals surface area contributed by atoms with Gasteiger partial charge in [-0.25, -0.2) is 4.79 Å². The van der Waals surface area contributed by atoms with E-state index in [4.69, 9.17) is 9.47 Å².